The van der Waals surface area contributed by atoms with Crippen LogP contribution in [0, 0.1) is 5.92 Å². The molecule has 2 heteroatoms. The third kappa shape index (κ3) is 2.58. The Morgan fingerprint density at radius 3 is 2.94 bits per heavy atom. The number of hydrogen-bond acceptors (Lipinski definition) is 1. The van der Waals surface area contributed by atoms with Gasteiger partial charge in [0.2, 0.25) is 0 Å². The largest absolute Gasteiger partial charge is 0.299 e. The Bertz CT molecular complexity index is 402. The summed E-state index contributed by atoms with van der Waals surface area (Å²) in [4.78, 5) is 2.60. The van der Waals surface area contributed by atoms with Crippen molar-refractivity contribution in [3.8, 4) is 0 Å². The highest BCUT2D eigenvalue weighted by Gasteiger charge is 2.21. The number of likely N-dealkylation sites (tertiary alicyclic amines) is 1. The Kier molecular flexibility index (Phi) is 3.53. The molecule has 17 heavy (non-hydrogen) atoms. The van der Waals surface area contributed by atoms with Crippen molar-refractivity contribution in [3.05, 3.63) is 34.9 Å². The van der Waals surface area contributed by atoms with Gasteiger partial charge in [-0.2, -0.15) is 0 Å². The first-order valence-corrected chi connectivity index (χ1v) is 7.86. The van der Waals surface area contributed by atoms with E-state index < -0.39 is 0 Å². The number of rotatable bonds is 3. The van der Waals surface area contributed by atoms with Gasteiger partial charge in [-0.05, 0) is 54.8 Å². The molecule has 1 aliphatic heterocycles. The minimum Gasteiger partial charge on any atom is -0.299 e. The minimum atomic E-state index is 0.865. The molecule has 1 heterocycles. The lowest BCUT2D eigenvalue weighted by atomic mass is 10.1. The van der Waals surface area contributed by atoms with Gasteiger partial charge in [-0.25, -0.2) is 0 Å². The molecule has 3 rings (SSSR count). The summed E-state index contributed by atoms with van der Waals surface area (Å²) in [5.74, 6) is 0.865. The first-order valence-electron chi connectivity index (χ1n) is 6.74. The van der Waals surface area contributed by atoms with E-state index in [1.807, 2.05) is 0 Å². The standard InChI is InChI=1S/C15H20BrN/c16-9-13-6-7-17(11-13)10-12-4-5-14-2-1-3-15(14)8-12/h4-5,8,13H,1-3,6-7,9-11H2. The smallest absolute Gasteiger partial charge is 0.0233 e. The molecule has 1 fully saturated rings. The maximum atomic E-state index is 3.60. The Morgan fingerprint density at radius 1 is 1.24 bits per heavy atom. The number of alkyl halides is 1. The first kappa shape index (κ1) is 11.7. The molecular weight excluding hydrogens is 274 g/mol. The molecule has 2 aliphatic rings. The molecule has 1 aliphatic carbocycles. The first-order chi connectivity index (χ1) is 8.35. The summed E-state index contributed by atoms with van der Waals surface area (Å²) < 4.78 is 0. The summed E-state index contributed by atoms with van der Waals surface area (Å²) in [6, 6.07) is 7.14. The Labute approximate surface area is 112 Å². The van der Waals surface area contributed by atoms with Crippen LogP contribution in [0.15, 0.2) is 18.2 Å². The maximum absolute atomic E-state index is 3.60. The van der Waals surface area contributed by atoms with E-state index in [0.29, 0.717) is 0 Å². The molecule has 1 atom stereocenters. The van der Waals surface area contributed by atoms with Gasteiger partial charge in [0.25, 0.3) is 0 Å². The summed E-state index contributed by atoms with van der Waals surface area (Å²) in [5, 5.41) is 1.16. The van der Waals surface area contributed by atoms with Crippen LogP contribution in [-0.4, -0.2) is 23.3 Å². The van der Waals surface area contributed by atoms with Gasteiger partial charge in [0.05, 0.1) is 0 Å². The van der Waals surface area contributed by atoms with Crippen LogP contribution in [0.4, 0.5) is 0 Å². The SMILES string of the molecule is BrCC1CCN(Cc2ccc3c(c2)CCC3)C1. The van der Waals surface area contributed by atoms with Crippen LogP contribution in [-0.2, 0) is 19.4 Å². The number of halogens is 1. The number of benzene rings is 1. The van der Waals surface area contributed by atoms with Gasteiger partial charge >= 0.3 is 0 Å². The quantitative estimate of drug-likeness (QED) is 0.772. The fraction of sp³-hybridized carbons (Fsp3) is 0.600. The van der Waals surface area contributed by atoms with Gasteiger partial charge in [0.1, 0.15) is 0 Å². The summed E-state index contributed by atoms with van der Waals surface area (Å²) in [6.45, 7) is 3.69. The average molecular weight is 294 g/mol. The number of hydrogen-bond donors (Lipinski definition) is 0. The van der Waals surface area contributed by atoms with E-state index in [-0.39, 0.29) is 0 Å². The van der Waals surface area contributed by atoms with Crippen molar-refractivity contribution >= 4 is 15.9 Å². The molecule has 0 aromatic heterocycles. The van der Waals surface area contributed by atoms with Crippen LogP contribution in [0.25, 0.3) is 0 Å². The van der Waals surface area contributed by atoms with E-state index in [9.17, 15) is 0 Å². The predicted octanol–water partition coefficient (Wildman–Crippen LogP) is 3.39. The lowest BCUT2D eigenvalue weighted by Crippen LogP contribution is -2.20. The molecule has 0 saturated carbocycles. The molecule has 1 aromatic rings. The van der Waals surface area contributed by atoms with E-state index in [2.05, 4.69) is 39.0 Å². The van der Waals surface area contributed by atoms with Crippen LogP contribution in [0.5, 0.6) is 0 Å². The van der Waals surface area contributed by atoms with Crippen molar-refractivity contribution in [1.82, 2.24) is 4.90 Å². The molecule has 0 spiro atoms. The minimum absolute atomic E-state index is 0.865. The van der Waals surface area contributed by atoms with Crippen LogP contribution in [0.2, 0.25) is 0 Å². The second-order valence-corrected chi connectivity index (χ2v) is 6.15. The van der Waals surface area contributed by atoms with Crippen LogP contribution in [0.1, 0.15) is 29.5 Å². The molecule has 1 aromatic carbocycles. The molecule has 1 saturated heterocycles. The molecule has 92 valence electrons. The normalized spacial score (nSPS) is 24.2. The van der Waals surface area contributed by atoms with Crippen molar-refractivity contribution < 1.29 is 0 Å². The van der Waals surface area contributed by atoms with E-state index >= 15 is 0 Å². The molecular formula is C15H20BrN. The van der Waals surface area contributed by atoms with Crippen LogP contribution < -0.4 is 0 Å². The van der Waals surface area contributed by atoms with Crippen molar-refractivity contribution in [2.75, 3.05) is 18.4 Å². The lowest BCUT2D eigenvalue weighted by molar-refractivity contribution is 0.321. The Morgan fingerprint density at radius 2 is 2.12 bits per heavy atom. The van der Waals surface area contributed by atoms with Crippen molar-refractivity contribution in [2.45, 2.75) is 32.2 Å². The van der Waals surface area contributed by atoms with E-state index in [1.165, 1.54) is 44.3 Å². The Balaban J connectivity index is 1.65. The topological polar surface area (TPSA) is 3.24 Å². The highest BCUT2D eigenvalue weighted by atomic mass is 79.9. The zero-order valence-corrected chi connectivity index (χ0v) is 11.9. The maximum Gasteiger partial charge on any atom is 0.0233 e. The van der Waals surface area contributed by atoms with Crippen LogP contribution in [0.3, 0.4) is 0 Å². The van der Waals surface area contributed by atoms with Crippen LogP contribution >= 0.6 is 15.9 Å². The van der Waals surface area contributed by atoms with Gasteiger partial charge in [-0.3, -0.25) is 4.90 Å². The van der Waals surface area contributed by atoms with Crippen molar-refractivity contribution in [3.63, 3.8) is 0 Å². The highest BCUT2D eigenvalue weighted by molar-refractivity contribution is 9.09. The third-order valence-electron chi connectivity index (χ3n) is 4.16. The molecule has 1 unspecified atom stereocenters. The molecule has 0 amide bonds. The second kappa shape index (κ2) is 5.11. The number of aryl methyl sites for hydroxylation is 2. The fourth-order valence-corrected chi connectivity index (χ4v) is 3.69. The Hall–Kier alpha value is -0.340. The third-order valence-corrected chi connectivity index (χ3v) is 5.07. The number of fused-ring (bicyclic) bond motifs is 1. The van der Waals surface area contributed by atoms with Crippen molar-refractivity contribution in [2.24, 2.45) is 5.92 Å². The van der Waals surface area contributed by atoms with Gasteiger partial charge in [0.15, 0.2) is 0 Å². The zero-order valence-electron chi connectivity index (χ0n) is 10.3. The second-order valence-electron chi connectivity index (χ2n) is 5.50. The van der Waals surface area contributed by atoms with Gasteiger partial charge in [-0.15, -0.1) is 0 Å². The van der Waals surface area contributed by atoms with Gasteiger partial charge in [0, 0.05) is 18.4 Å². The average Bonchev–Trinajstić information content (AvgIpc) is 2.96. The molecule has 1 nitrogen and oxygen atoms in total. The van der Waals surface area contributed by atoms with E-state index in [1.54, 1.807) is 11.1 Å². The summed E-state index contributed by atoms with van der Waals surface area (Å²) in [5.41, 5.74) is 4.72. The van der Waals surface area contributed by atoms with E-state index in [0.717, 1.165) is 17.8 Å². The molecule has 0 radical (unpaired) electrons. The summed E-state index contributed by atoms with van der Waals surface area (Å²) in [7, 11) is 0. The summed E-state index contributed by atoms with van der Waals surface area (Å²) in [6.07, 6.45) is 5.31. The summed E-state index contributed by atoms with van der Waals surface area (Å²) >= 11 is 3.60. The molecule has 0 bridgehead atoms. The number of nitrogens with zero attached hydrogens (tertiary/aromatic N) is 1. The van der Waals surface area contributed by atoms with Gasteiger partial charge in [-0.1, -0.05) is 34.1 Å². The monoisotopic (exact) mass is 293 g/mol. The predicted molar refractivity (Wildman–Crippen MR) is 75.6 cm³/mol. The van der Waals surface area contributed by atoms with Crippen molar-refractivity contribution in [1.29, 1.82) is 0 Å². The fourth-order valence-electron chi connectivity index (χ4n) is 3.16. The highest BCUT2D eigenvalue weighted by Crippen LogP contribution is 2.25. The van der Waals surface area contributed by atoms with Gasteiger partial charge < -0.3 is 0 Å². The van der Waals surface area contributed by atoms with E-state index in [4.69, 9.17) is 0 Å². The lowest BCUT2D eigenvalue weighted by Gasteiger charge is -2.16. The molecule has 0 N–H and O–H groups in total. The zero-order chi connectivity index (χ0) is 11.7.